The second kappa shape index (κ2) is 5.58. The maximum absolute atomic E-state index is 10.7. The van der Waals surface area contributed by atoms with Crippen molar-refractivity contribution in [2.24, 2.45) is 11.5 Å². The Balaban J connectivity index is 2.17. The van der Waals surface area contributed by atoms with E-state index in [1.54, 1.807) is 0 Å². The highest BCUT2D eigenvalue weighted by molar-refractivity contribution is 7.99. The first-order valence-electron chi connectivity index (χ1n) is 4.94. The number of nitrogens with one attached hydrogen (secondary N) is 1. The van der Waals surface area contributed by atoms with Crippen molar-refractivity contribution in [1.82, 2.24) is 5.32 Å². The Labute approximate surface area is 89.2 Å². The molecule has 5 heteroatoms. The number of carbonyl (C=O) groups is 1. The lowest BCUT2D eigenvalue weighted by atomic mass is 10.2. The monoisotopic (exact) mass is 217 g/mol. The van der Waals surface area contributed by atoms with Crippen LogP contribution in [0.3, 0.4) is 0 Å². The summed E-state index contributed by atoms with van der Waals surface area (Å²) in [6, 6.07) is -0.0406. The molecule has 14 heavy (non-hydrogen) atoms. The van der Waals surface area contributed by atoms with Crippen LogP contribution in [0.15, 0.2) is 0 Å². The van der Waals surface area contributed by atoms with Crippen LogP contribution in [0.2, 0.25) is 0 Å². The number of carbonyl (C=O) groups excluding carboxylic acids is 1. The molecule has 4 nitrogen and oxygen atoms in total. The standard InChI is InChI=1S/C9H19N3OS/c1-14-7-3-2-6(4-7)12-5-8(10)9(11)13/h6-8,12H,2-5,10H2,1H3,(H2,11,13). The molecule has 3 unspecified atom stereocenters. The van der Waals surface area contributed by atoms with Gasteiger partial charge in [0, 0.05) is 17.8 Å². The molecule has 1 fully saturated rings. The summed E-state index contributed by atoms with van der Waals surface area (Å²) in [4.78, 5) is 10.7. The molecule has 0 aromatic rings. The second-order valence-electron chi connectivity index (χ2n) is 3.78. The van der Waals surface area contributed by atoms with Crippen molar-refractivity contribution in [2.75, 3.05) is 12.8 Å². The molecule has 0 aromatic carbocycles. The summed E-state index contributed by atoms with van der Waals surface area (Å²) in [6.45, 7) is 0.501. The first-order valence-corrected chi connectivity index (χ1v) is 6.23. The van der Waals surface area contributed by atoms with Crippen LogP contribution in [0.1, 0.15) is 19.3 Å². The van der Waals surface area contributed by atoms with Crippen LogP contribution in [0.25, 0.3) is 0 Å². The molecule has 5 N–H and O–H groups in total. The van der Waals surface area contributed by atoms with Gasteiger partial charge in [-0.3, -0.25) is 4.79 Å². The van der Waals surface area contributed by atoms with Crippen LogP contribution in [0, 0.1) is 0 Å². The maximum Gasteiger partial charge on any atom is 0.235 e. The van der Waals surface area contributed by atoms with Crippen LogP contribution in [0.4, 0.5) is 0 Å². The number of hydrogen-bond donors (Lipinski definition) is 3. The van der Waals surface area contributed by atoms with Gasteiger partial charge in [-0.1, -0.05) is 0 Å². The van der Waals surface area contributed by atoms with Gasteiger partial charge < -0.3 is 16.8 Å². The third-order valence-electron chi connectivity index (χ3n) is 2.71. The van der Waals surface area contributed by atoms with Crippen molar-refractivity contribution in [1.29, 1.82) is 0 Å². The summed E-state index contributed by atoms with van der Waals surface area (Å²) in [5.74, 6) is -0.433. The van der Waals surface area contributed by atoms with Crippen molar-refractivity contribution in [3.63, 3.8) is 0 Å². The Morgan fingerprint density at radius 1 is 1.64 bits per heavy atom. The second-order valence-corrected chi connectivity index (χ2v) is 4.92. The molecule has 0 aromatic heterocycles. The van der Waals surface area contributed by atoms with Gasteiger partial charge in [0.15, 0.2) is 0 Å². The van der Waals surface area contributed by atoms with Crippen LogP contribution in [0.5, 0.6) is 0 Å². The minimum atomic E-state index is -0.552. The van der Waals surface area contributed by atoms with E-state index in [1.165, 1.54) is 19.3 Å². The molecule has 0 aliphatic heterocycles. The minimum Gasteiger partial charge on any atom is -0.368 e. The molecule has 1 aliphatic rings. The smallest absolute Gasteiger partial charge is 0.235 e. The molecule has 0 saturated heterocycles. The fourth-order valence-corrected chi connectivity index (χ4v) is 2.53. The van der Waals surface area contributed by atoms with E-state index in [-0.39, 0.29) is 0 Å². The highest BCUT2D eigenvalue weighted by Crippen LogP contribution is 2.27. The zero-order chi connectivity index (χ0) is 10.6. The summed E-state index contributed by atoms with van der Waals surface area (Å²) in [5, 5.41) is 4.05. The normalized spacial score (nSPS) is 29.0. The van der Waals surface area contributed by atoms with Gasteiger partial charge in [-0.2, -0.15) is 11.8 Å². The van der Waals surface area contributed by atoms with E-state index in [4.69, 9.17) is 11.5 Å². The molecule has 0 bridgehead atoms. The van der Waals surface area contributed by atoms with Gasteiger partial charge in [-0.05, 0) is 25.5 Å². The minimum absolute atomic E-state index is 0.433. The molecular weight excluding hydrogens is 198 g/mol. The lowest BCUT2D eigenvalue weighted by Crippen LogP contribution is -2.46. The Morgan fingerprint density at radius 3 is 2.86 bits per heavy atom. The lowest BCUT2D eigenvalue weighted by molar-refractivity contribution is -0.119. The van der Waals surface area contributed by atoms with Gasteiger partial charge in [-0.25, -0.2) is 0 Å². The summed E-state index contributed by atoms with van der Waals surface area (Å²) in [6.07, 6.45) is 5.75. The first kappa shape index (κ1) is 11.8. The quantitative estimate of drug-likeness (QED) is 0.589. The molecule has 82 valence electrons. The van der Waals surface area contributed by atoms with Crippen molar-refractivity contribution >= 4 is 17.7 Å². The highest BCUT2D eigenvalue weighted by atomic mass is 32.2. The molecule has 1 saturated carbocycles. The van der Waals surface area contributed by atoms with E-state index < -0.39 is 11.9 Å². The number of nitrogens with two attached hydrogens (primary N) is 2. The van der Waals surface area contributed by atoms with Crippen LogP contribution in [-0.4, -0.2) is 36.0 Å². The van der Waals surface area contributed by atoms with E-state index in [2.05, 4.69) is 11.6 Å². The summed E-state index contributed by atoms with van der Waals surface area (Å²) >= 11 is 1.91. The number of thioether (sulfide) groups is 1. The largest absolute Gasteiger partial charge is 0.368 e. The van der Waals surface area contributed by atoms with Crippen molar-refractivity contribution in [3.8, 4) is 0 Å². The van der Waals surface area contributed by atoms with Gasteiger partial charge in [0.05, 0.1) is 6.04 Å². The van der Waals surface area contributed by atoms with E-state index in [9.17, 15) is 4.79 Å². The molecule has 3 atom stereocenters. The number of hydrogen-bond acceptors (Lipinski definition) is 4. The van der Waals surface area contributed by atoms with Gasteiger partial charge >= 0.3 is 0 Å². The van der Waals surface area contributed by atoms with Gasteiger partial charge in [-0.15, -0.1) is 0 Å². The van der Waals surface area contributed by atoms with Gasteiger partial charge in [0.25, 0.3) is 0 Å². The predicted molar refractivity (Wildman–Crippen MR) is 60.1 cm³/mol. The van der Waals surface area contributed by atoms with Gasteiger partial charge in [0.1, 0.15) is 0 Å². The van der Waals surface area contributed by atoms with Crippen molar-refractivity contribution in [3.05, 3.63) is 0 Å². The van der Waals surface area contributed by atoms with Crippen LogP contribution in [-0.2, 0) is 4.79 Å². The Morgan fingerprint density at radius 2 is 2.36 bits per heavy atom. The zero-order valence-corrected chi connectivity index (χ0v) is 9.35. The summed E-state index contributed by atoms with van der Waals surface area (Å²) in [7, 11) is 0. The average molecular weight is 217 g/mol. The fourth-order valence-electron chi connectivity index (χ4n) is 1.73. The Hall–Kier alpha value is -0.260. The fraction of sp³-hybridized carbons (Fsp3) is 0.889. The SMILES string of the molecule is CSC1CCC(NCC(N)C(N)=O)C1. The number of primary amides is 1. The lowest BCUT2D eigenvalue weighted by Gasteiger charge is -2.14. The number of amides is 1. The van der Waals surface area contributed by atoms with E-state index >= 15 is 0 Å². The molecule has 0 heterocycles. The molecule has 1 aliphatic carbocycles. The average Bonchev–Trinajstić information content (AvgIpc) is 2.61. The maximum atomic E-state index is 10.7. The topological polar surface area (TPSA) is 81.1 Å². The van der Waals surface area contributed by atoms with E-state index in [0.717, 1.165) is 5.25 Å². The number of rotatable bonds is 5. The predicted octanol–water partition coefficient (Wildman–Crippen LogP) is -0.327. The molecule has 0 radical (unpaired) electrons. The molecule has 0 spiro atoms. The summed E-state index contributed by atoms with van der Waals surface area (Å²) in [5.41, 5.74) is 10.6. The van der Waals surface area contributed by atoms with Crippen molar-refractivity contribution in [2.45, 2.75) is 36.6 Å². The Kier molecular flexibility index (Phi) is 4.71. The molecule has 1 rings (SSSR count). The van der Waals surface area contributed by atoms with E-state index in [0.29, 0.717) is 12.6 Å². The molecule has 1 amide bonds. The summed E-state index contributed by atoms with van der Waals surface area (Å²) < 4.78 is 0. The van der Waals surface area contributed by atoms with E-state index in [1.807, 2.05) is 11.8 Å². The third kappa shape index (κ3) is 3.48. The third-order valence-corrected chi connectivity index (χ3v) is 3.80. The zero-order valence-electron chi connectivity index (χ0n) is 8.53. The van der Waals surface area contributed by atoms with Gasteiger partial charge in [0.2, 0.25) is 5.91 Å². The van der Waals surface area contributed by atoms with Crippen molar-refractivity contribution < 1.29 is 4.79 Å². The Bertz CT molecular complexity index is 200. The van der Waals surface area contributed by atoms with Crippen LogP contribution < -0.4 is 16.8 Å². The first-order chi connectivity index (χ1) is 6.63. The highest BCUT2D eigenvalue weighted by Gasteiger charge is 2.24. The molecular formula is C9H19N3OS. The van der Waals surface area contributed by atoms with Crippen LogP contribution >= 0.6 is 11.8 Å².